The highest BCUT2D eigenvalue weighted by Crippen LogP contribution is 2.26. The minimum Gasteiger partial charge on any atom is -0.330 e. The molecular formula is C14H24N4O2S. The molecule has 0 atom stereocenters. The van der Waals surface area contributed by atoms with Crippen molar-refractivity contribution in [2.45, 2.75) is 45.1 Å². The molecule has 2 rings (SSSR count). The summed E-state index contributed by atoms with van der Waals surface area (Å²) in [5.41, 5.74) is 7.88. The summed E-state index contributed by atoms with van der Waals surface area (Å²) in [5.74, 6) is 0. The minimum atomic E-state index is -3.48. The number of aryl methyl sites for hydroxylation is 2. The van der Waals surface area contributed by atoms with Crippen molar-refractivity contribution in [1.82, 2.24) is 14.1 Å². The molecule has 0 saturated carbocycles. The van der Waals surface area contributed by atoms with Gasteiger partial charge in [-0.2, -0.15) is 9.40 Å². The number of sulfonamides is 1. The Morgan fingerprint density at radius 2 is 2.05 bits per heavy atom. The zero-order valence-electron chi connectivity index (χ0n) is 13.0. The molecule has 0 aliphatic carbocycles. The van der Waals surface area contributed by atoms with Crippen LogP contribution in [0.2, 0.25) is 0 Å². The Hall–Kier alpha value is -1.18. The van der Waals surface area contributed by atoms with E-state index in [1.54, 1.807) is 15.9 Å². The molecule has 1 aromatic heterocycles. The lowest BCUT2D eigenvalue weighted by Crippen LogP contribution is -2.36. The van der Waals surface area contributed by atoms with E-state index in [1.165, 1.54) is 0 Å². The molecule has 0 spiro atoms. The van der Waals surface area contributed by atoms with Crippen molar-refractivity contribution >= 4 is 10.0 Å². The number of hydrogen-bond acceptors (Lipinski definition) is 4. The van der Waals surface area contributed by atoms with Gasteiger partial charge in [0.05, 0.1) is 11.4 Å². The Labute approximate surface area is 126 Å². The fraction of sp³-hybridized carbons (Fsp3) is 0.643. The summed E-state index contributed by atoms with van der Waals surface area (Å²) in [6.07, 6.45) is 3.65. The largest absolute Gasteiger partial charge is 0.330 e. The van der Waals surface area contributed by atoms with Crippen LogP contribution in [0.1, 0.15) is 31.2 Å². The van der Waals surface area contributed by atoms with Crippen LogP contribution >= 0.6 is 0 Å². The molecule has 0 aromatic carbocycles. The van der Waals surface area contributed by atoms with E-state index in [-0.39, 0.29) is 0 Å². The first-order valence-corrected chi connectivity index (χ1v) is 8.71. The maximum Gasteiger partial charge on any atom is 0.247 e. The summed E-state index contributed by atoms with van der Waals surface area (Å²) in [6.45, 7) is 7.75. The van der Waals surface area contributed by atoms with Gasteiger partial charge >= 0.3 is 0 Å². The van der Waals surface area contributed by atoms with E-state index in [4.69, 9.17) is 5.73 Å². The molecule has 0 unspecified atom stereocenters. The second kappa shape index (κ2) is 6.29. The van der Waals surface area contributed by atoms with Crippen LogP contribution in [0.3, 0.4) is 0 Å². The smallest absolute Gasteiger partial charge is 0.247 e. The Morgan fingerprint density at radius 3 is 2.67 bits per heavy atom. The summed E-state index contributed by atoms with van der Waals surface area (Å²) < 4.78 is 29.1. The molecule has 7 heteroatoms. The van der Waals surface area contributed by atoms with Crippen LogP contribution in [-0.4, -0.2) is 42.1 Å². The van der Waals surface area contributed by atoms with Crippen LogP contribution in [0.5, 0.6) is 0 Å². The van der Waals surface area contributed by atoms with Gasteiger partial charge in [-0.3, -0.25) is 4.68 Å². The molecule has 2 heterocycles. The fourth-order valence-corrected chi connectivity index (χ4v) is 4.59. The third-order valence-corrected chi connectivity index (χ3v) is 5.88. The van der Waals surface area contributed by atoms with Crippen molar-refractivity contribution in [3.05, 3.63) is 23.0 Å². The van der Waals surface area contributed by atoms with Crippen LogP contribution in [0.25, 0.3) is 0 Å². The van der Waals surface area contributed by atoms with Crippen LogP contribution in [0.4, 0.5) is 0 Å². The monoisotopic (exact) mass is 312 g/mol. The second-order valence-corrected chi connectivity index (χ2v) is 7.42. The molecule has 1 aromatic rings. The van der Waals surface area contributed by atoms with Crippen molar-refractivity contribution in [2.24, 2.45) is 5.73 Å². The quantitative estimate of drug-likeness (QED) is 0.828. The number of rotatable bonds is 5. The molecule has 2 N–H and O–H groups in total. The van der Waals surface area contributed by atoms with Crippen LogP contribution < -0.4 is 5.73 Å². The number of nitrogens with zero attached hydrogens (tertiary/aromatic N) is 3. The molecule has 21 heavy (non-hydrogen) atoms. The normalized spacial score (nSPS) is 17.0. The first-order valence-electron chi connectivity index (χ1n) is 7.27. The van der Waals surface area contributed by atoms with E-state index in [2.05, 4.69) is 11.2 Å². The van der Waals surface area contributed by atoms with E-state index in [0.717, 1.165) is 18.4 Å². The Bertz CT molecular complexity index is 646. The fourth-order valence-electron chi connectivity index (χ4n) is 2.72. The lowest BCUT2D eigenvalue weighted by molar-refractivity contribution is 0.427. The van der Waals surface area contributed by atoms with Crippen molar-refractivity contribution in [1.29, 1.82) is 0 Å². The van der Waals surface area contributed by atoms with E-state index < -0.39 is 10.0 Å². The van der Waals surface area contributed by atoms with Crippen LogP contribution in [0, 0.1) is 13.8 Å². The van der Waals surface area contributed by atoms with Gasteiger partial charge in [-0.15, -0.1) is 0 Å². The average Bonchev–Trinajstić information content (AvgIpc) is 2.71. The Kier molecular flexibility index (Phi) is 4.85. The van der Waals surface area contributed by atoms with Gasteiger partial charge < -0.3 is 5.73 Å². The van der Waals surface area contributed by atoms with Gasteiger partial charge in [-0.1, -0.05) is 11.6 Å². The topological polar surface area (TPSA) is 81.2 Å². The number of aromatic nitrogens is 2. The first-order chi connectivity index (χ1) is 9.87. The molecule has 0 radical (unpaired) electrons. The molecule has 1 aliphatic rings. The zero-order chi connectivity index (χ0) is 15.6. The standard InChI is InChI=1S/C14H24N4O2S/c1-11-6-4-8-17(10-11)21(19,20)14-12(2)16-18(13(14)3)9-5-7-15/h6H,4-5,7-10,15H2,1-3H3. The number of nitrogens with two attached hydrogens (primary N) is 1. The van der Waals surface area contributed by atoms with Gasteiger partial charge in [0.1, 0.15) is 4.90 Å². The molecule has 0 fully saturated rings. The highest BCUT2D eigenvalue weighted by Gasteiger charge is 2.31. The minimum absolute atomic E-state index is 0.356. The van der Waals surface area contributed by atoms with Gasteiger partial charge in [0.2, 0.25) is 10.0 Å². The van der Waals surface area contributed by atoms with Crippen molar-refractivity contribution in [3.63, 3.8) is 0 Å². The Morgan fingerprint density at radius 1 is 1.33 bits per heavy atom. The number of hydrogen-bond donors (Lipinski definition) is 1. The first kappa shape index (κ1) is 16.2. The summed E-state index contributed by atoms with van der Waals surface area (Å²) in [7, 11) is -3.48. The third kappa shape index (κ3) is 3.20. The highest BCUT2D eigenvalue weighted by molar-refractivity contribution is 7.89. The van der Waals surface area contributed by atoms with Gasteiger partial charge in [-0.25, -0.2) is 8.42 Å². The zero-order valence-corrected chi connectivity index (χ0v) is 13.8. The lowest BCUT2D eigenvalue weighted by Gasteiger charge is -2.25. The maximum atomic E-state index is 12.9. The Balaban J connectivity index is 2.36. The van der Waals surface area contributed by atoms with Gasteiger partial charge in [-0.05, 0) is 40.2 Å². The summed E-state index contributed by atoms with van der Waals surface area (Å²) in [5, 5.41) is 4.37. The summed E-state index contributed by atoms with van der Waals surface area (Å²) in [6, 6.07) is 0. The molecule has 0 bridgehead atoms. The molecule has 1 aliphatic heterocycles. The van der Waals surface area contributed by atoms with Crippen molar-refractivity contribution in [2.75, 3.05) is 19.6 Å². The van der Waals surface area contributed by atoms with Gasteiger partial charge in [0, 0.05) is 19.6 Å². The average molecular weight is 312 g/mol. The summed E-state index contributed by atoms with van der Waals surface area (Å²) in [4.78, 5) is 0.356. The predicted octanol–water partition coefficient (Wildman–Crippen LogP) is 1.19. The van der Waals surface area contributed by atoms with Crippen molar-refractivity contribution < 1.29 is 8.42 Å². The molecular weight excluding hydrogens is 288 g/mol. The van der Waals surface area contributed by atoms with E-state index in [9.17, 15) is 8.42 Å². The van der Waals surface area contributed by atoms with E-state index in [0.29, 0.717) is 42.5 Å². The highest BCUT2D eigenvalue weighted by atomic mass is 32.2. The maximum absolute atomic E-state index is 12.9. The molecule has 0 saturated heterocycles. The van der Waals surface area contributed by atoms with Crippen LogP contribution in [0.15, 0.2) is 16.5 Å². The van der Waals surface area contributed by atoms with Crippen molar-refractivity contribution in [3.8, 4) is 0 Å². The lowest BCUT2D eigenvalue weighted by atomic mass is 10.2. The molecule has 118 valence electrons. The van der Waals surface area contributed by atoms with Crippen LogP contribution in [-0.2, 0) is 16.6 Å². The SMILES string of the molecule is CC1=CCCN(S(=O)(=O)c2c(C)nn(CCCN)c2C)C1. The predicted molar refractivity (Wildman–Crippen MR) is 82.5 cm³/mol. The van der Waals surface area contributed by atoms with Gasteiger partial charge in [0.15, 0.2) is 0 Å². The van der Waals surface area contributed by atoms with E-state index >= 15 is 0 Å². The van der Waals surface area contributed by atoms with Gasteiger partial charge in [0.25, 0.3) is 0 Å². The summed E-state index contributed by atoms with van der Waals surface area (Å²) >= 11 is 0. The second-order valence-electron chi connectivity index (χ2n) is 5.54. The molecule has 0 amide bonds. The van der Waals surface area contributed by atoms with E-state index in [1.807, 2.05) is 13.8 Å². The molecule has 6 nitrogen and oxygen atoms in total. The third-order valence-electron chi connectivity index (χ3n) is 3.78.